The van der Waals surface area contributed by atoms with Crippen LogP contribution in [0.25, 0.3) is 0 Å². The summed E-state index contributed by atoms with van der Waals surface area (Å²) in [4.78, 5) is 2.43. The van der Waals surface area contributed by atoms with Crippen LogP contribution in [0.5, 0.6) is 0 Å². The lowest BCUT2D eigenvalue weighted by Gasteiger charge is -2.35. The maximum atomic E-state index is 4.18. The van der Waals surface area contributed by atoms with Gasteiger partial charge in [0.1, 0.15) is 0 Å². The van der Waals surface area contributed by atoms with Crippen LogP contribution >= 0.6 is 0 Å². The molecule has 16 heavy (non-hydrogen) atoms. The fourth-order valence-corrected chi connectivity index (χ4v) is 2.44. The van der Waals surface area contributed by atoms with Crippen molar-refractivity contribution in [1.29, 1.82) is 0 Å². The lowest BCUT2D eigenvalue weighted by atomic mass is 9.91. The number of fused-ring (bicyclic) bond motifs is 1. The normalized spacial score (nSPS) is 19.6. The Balaban J connectivity index is 1.95. The summed E-state index contributed by atoms with van der Waals surface area (Å²) in [6.45, 7) is 10.2. The van der Waals surface area contributed by atoms with Gasteiger partial charge in [0.2, 0.25) is 0 Å². The summed E-state index contributed by atoms with van der Waals surface area (Å²) in [7, 11) is 0. The summed E-state index contributed by atoms with van der Waals surface area (Å²) < 4.78 is 0. The van der Waals surface area contributed by atoms with Gasteiger partial charge in [-0.1, -0.05) is 24.8 Å². The van der Waals surface area contributed by atoms with Crippen molar-refractivity contribution < 1.29 is 0 Å². The molecule has 1 heterocycles. The third kappa shape index (κ3) is 2.46. The van der Waals surface area contributed by atoms with E-state index >= 15 is 0 Å². The molecular formula is C15H21N. The number of likely N-dealkylation sites (tertiary alicyclic amines) is 1. The first kappa shape index (κ1) is 11.3. The van der Waals surface area contributed by atoms with Gasteiger partial charge in [-0.05, 0) is 43.3 Å². The highest BCUT2D eigenvalue weighted by atomic mass is 15.1. The zero-order valence-electron chi connectivity index (χ0n) is 10.0. The Morgan fingerprint density at radius 3 is 2.81 bits per heavy atom. The molecule has 0 atom stereocenters. The van der Waals surface area contributed by atoms with Crippen LogP contribution in [0.4, 0.5) is 0 Å². The van der Waals surface area contributed by atoms with Gasteiger partial charge in [0.25, 0.3) is 0 Å². The molecule has 0 amide bonds. The van der Waals surface area contributed by atoms with Crippen LogP contribution in [-0.4, -0.2) is 18.0 Å². The van der Waals surface area contributed by atoms with E-state index in [1.165, 1.54) is 30.5 Å². The Hall–Kier alpha value is -1.24. The highest BCUT2D eigenvalue weighted by Crippen LogP contribution is 2.29. The fraction of sp³-hybridized carbons (Fsp3) is 0.467. The molecule has 1 aliphatic carbocycles. The van der Waals surface area contributed by atoms with Gasteiger partial charge in [0, 0.05) is 18.8 Å². The van der Waals surface area contributed by atoms with Gasteiger partial charge in [-0.15, -0.1) is 6.58 Å². The quantitative estimate of drug-likeness (QED) is 0.644. The van der Waals surface area contributed by atoms with E-state index < -0.39 is 0 Å². The molecule has 2 aliphatic rings. The van der Waals surface area contributed by atoms with Crippen LogP contribution < -0.4 is 0 Å². The zero-order chi connectivity index (χ0) is 11.4. The number of nitrogens with zero attached hydrogens (tertiary/aromatic N) is 1. The van der Waals surface area contributed by atoms with Gasteiger partial charge in [-0.3, -0.25) is 0 Å². The van der Waals surface area contributed by atoms with Crippen molar-refractivity contribution in [2.75, 3.05) is 13.1 Å². The van der Waals surface area contributed by atoms with Crippen LogP contribution in [0.15, 0.2) is 48.2 Å². The summed E-state index contributed by atoms with van der Waals surface area (Å²) in [5, 5.41) is 0. The maximum absolute atomic E-state index is 4.18. The van der Waals surface area contributed by atoms with Crippen molar-refractivity contribution in [3.8, 4) is 0 Å². The number of hydrogen-bond donors (Lipinski definition) is 0. The van der Waals surface area contributed by atoms with E-state index in [-0.39, 0.29) is 0 Å². The topological polar surface area (TPSA) is 3.24 Å². The molecular weight excluding hydrogens is 194 g/mol. The van der Waals surface area contributed by atoms with Gasteiger partial charge >= 0.3 is 0 Å². The zero-order valence-corrected chi connectivity index (χ0v) is 10.0. The van der Waals surface area contributed by atoms with Crippen LogP contribution in [0.3, 0.4) is 0 Å². The summed E-state index contributed by atoms with van der Waals surface area (Å²) in [6.07, 6.45) is 12.5. The molecule has 1 fully saturated rings. The Morgan fingerprint density at radius 1 is 1.31 bits per heavy atom. The van der Waals surface area contributed by atoms with E-state index in [1.807, 2.05) is 6.08 Å². The minimum Gasteiger partial charge on any atom is -0.371 e. The summed E-state index contributed by atoms with van der Waals surface area (Å²) in [5.41, 5.74) is 4.39. The van der Waals surface area contributed by atoms with Crippen LogP contribution in [0.2, 0.25) is 0 Å². The molecule has 1 saturated heterocycles. The third-order valence-electron chi connectivity index (χ3n) is 3.46. The average molecular weight is 215 g/mol. The second-order valence-corrected chi connectivity index (χ2v) is 4.60. The van der Waals surface area contributed by atoms with Crippen molar-refractivity contribution in [1.82, 2.24) is 4.90 Å². The molecule has 0 saturated carbocycles. The largest absolute Gasteiger partial charge is 0.371 e. The van der Waals surface area contributed by atoms with E-state index in [0.717, 1.165) is 25.9 Å². The van der Waals surface area contributed by atoms with E-state index in [0.29, 0.717) is 0 Å². The van der Waals surface area contributed by atoms with Crippen molar-refractivity contribution in [2.45, 2.75) is 32.1 Å². The van der Waals surface area contributed by atoms with Gasteiger partial charge < -0.3 is 4.90 Å². The molecule has 0 aromatic heterocycles. The van der Waals surface area contributed by atoms with E-state index in [2.05, 4.69) is 30.2 Å². The first-order valence-electron chi connectivity index (χ1n) is 6.23. The van der Waals surface area contributed by atoms with Crippen LogP contribution in [0.1, 0.15) is 32.1 Å². The average Bonchev–Trinajstić information content (AvgIpc) is 2.35. The van der Waals surface area contributed by atoms with E-state index in [4.69, 9.17) is 0 Å². The molecule has 0 bridgehead atoms. The van der Waals surface area contributed by atoms with Crippen molar-refractivity contribution >= 4 is 0 Å². The molecule has 0 N–H and O–H groups in total. The van der Waals surface area contributed by atoms with Crippen molar-refractivity contribution in [2.24, 2.45) is 0 Å². The molecule has 86 valence electrons. The molecule has 0 radical (unpaired) electrons. The van der Waals surface area contributed by atoms with Gasteiger partial charge in [-0.2, -0.15) is 0 Å². The molecule has 1 aliphatic heterocycles. The van der Waals surface area contributed by atoms with Crippen molar-refractivity contribution in [3.05, 3.63) is 48.2 Å². The lowest BCUT2D eigenvalue weighted by Crippen LogP contribution is -2.31. The summed E-state index contributed by atoms with van der Waals surface area (Å²) in [5.74, 6) is 0. The number of piperidine rings is 1. The Labute approximate surface area is 98.8 Å². The second-order valence-electron chi connectivity index (χ2n) is 4.60. The predicted octanol–water partition coefficient (Wildman–Crippen LogP) is 3.82. The number of rotatable bonds is 4. The van der Waals surface area contributed by atoms with E-state index in [9.17, 15) is 0 Å². The standard InChI is InChI=1S/C15H21N/c1-3-4-7-13(2)16-11-10-14-8-5-6-9-15(14)12-16/h3,8-9H,1-2,4-7,10-12H2. The SMILES string of the molecule is C=CCCC(=C)N1CCC2=CCCC=C2C1. The van der Waals surface area contributed by atoms with Gasteiger partial charge in [-0.25, -0.2) is 0 Å². The highest BCUT2D eigenvalue weighted by molar-refractivity contribution is 5.37. The lowest BCUT2D eigenvalue weighted by molar-refractivity contribution is 0.344. The summed E-state index contributed by atoms with van der Waals surface area (Å²) in [6, 6.07) is 0. The molecule has 1 heteroatoms. The summed E-state index contributed by atoms with van der Waals surface area (Å²) >= 11 is 0. The molecule has 0 unspecified atom stereocenters. The highest BCUT2D eigenvalue weighted by Gasteiger charge is 2.19. The fourth-order valence-electron chi connectivity index (χ4n) is 2.44. The van der Waals surface area contributed by atoms with Crippen LogP contribution in [0, 0.1) is 0 Å². The first-order valence-corrected chi connectivity index (χ1v) is 6.23. The maximum Gasteiger partial charge on any atom is 0.0425 e. The molecule has 1 nitrogen and oxygen atoms in total. The first-order chi connectivity index (χ1) is 7.81. The minimum absolute atomic E-state index is 1.04. The smallest absolute Gasteiger partial charge is 0.0425 e. The monoisotopic (exact) mass is 215 g/mol. The van der Waals surface area contributed by atoms with Gasteiger partial charge in [0.15, 0.2) is 0 Å². The number of allylic oxidation sites excluding steroid dienone is 4. The Morgan fingerprint density at radius 2 is 2.06 bits per heavy atom. The molecule has 0 aromatic carbocycles. The second kappa shape index (κ2) is 5.20. The predicted molar refractivity (Wildman–Crippen MR) is 70.2 cm³/mol. The Kier molecular flexibility index (Phi) is 3.66. The van der Waals surface area contributed by atoms with Gasteiger partial charge in [0.05, 0.1) is 0 Å². The van der Waals surface area contributed by atoms with E-state index in [1.54, 1.807) is 5.57 Å². The van der Waals surface area contributed by atoms with Crippen molar-refractivity contribution in [3.63, 3.8) is 0 Å². The minimum atomic E-state index is 1.04. The number of hydrogen-bond acceptors (Lipinski definition) is 1. The third-order valence-corrected chi connectivity index (χ3v) is 3.46. The molecule has 2 rings (SSSR count). The Bertz CT molecular complexity index is 346. The molecule has 0 aromatic rings. The molecule has 0 spiro atoms. The van der Waals surface area contributed by atoms with Crippen LogP contribution in [-0.2, 0) is 0 Å².